The predicted molar refractivity (Wildman–Crippen MR) is 107 cm³/mol. The summed E-state index contributed by atoms with van der Waals surface area (Å²) in [5, 5.41) is 0. The Kier molecular flexibility index (Phi) is 5.00. The van der Waals surface area contributed by atoms with Crippen LogP contribution in [0.1, 0.15) is 43.5 Å². The summed E-state index contributed by atoms with van der Waals surface area (Å²) in [6, 6.07) is 14.8. The molecule has 4 heteroatoms. The first kappa shape index (κ1) is 18.2. The van der Waals surface area contributed by atoms with E-state index in [0.717, 1.165) is 44.7 Å². The van der Waals surface area contributed by atoms with Gasteiger partial charge in [0, 0.05) is 37.3 Å². The average Bonchev–Trinajstić information content (AvgIpc) is 2.95. The highest BCUT2D eigenvalue weighted by molar-refractivity contribution is 5.78. The maximum Gasteiger partial charge on any atom is 0.225 e. The van der Waals surface area contributed by atoms with Crippen molar-refractivity contribution in [2.24, 2.45) is 5.92 Å². The van der Waals surface area contributed by atoms with Crippen LogP contribution in [0.25, 0.3) is 0 Å². The number of carbonyl (C=O) groups excluding carboxylic acids is 1. The lowest BCUT2D eigenvalue weighted by atomic mass is 9.87. The van der Waals surface area contributed by atoms with Crippen LogP contribution in [0.3, 0.4) is 0 Å². The Morgan fingerprint density at radius 3 is 2.67 bits per heavy atom. The number of carbonyl (C=O) groups is 1. The molecule has 1 aromatic heterocycles. The van der Waals surface area contributed by atoms with Crippen molar-refractivity contribution in [3.63, 3.8) is 0 Å². The number of nitrogens with zero attached hydrogens (tertiary/aromatic N) is 3. The Morgan fingerprint density at radius 1 is 1.15 bits per heavy atom. The van der Waals surface area contributed by atoms with Crippen LogP contribution >= 0.6 is 0 Å². The summed E-state index contributed by atoms with van der Waals surface area (Å²) < 4.78 is 0. The minimum absolute atomic E-state index is 0.00861. The molecule has 27 heavy (non-hydrogen) atoms. The van der Waals surface area contributed by atoms with Gasteiger partial charge in [-0.2, -0.15) is 0 Å². The van der Waals surface area contributed by atoms with E-state index in [2.05, 4.69) is 51.2 Å². The Morgan fingerprint density at radius 2 is 1.93 bits per heavy atom. The lowest BCUT2D eigenvalue weighted by molar-refractivity contribution is -0.136. The molecule has 1 unspecified atom stereocenters. The fraction of sp³-hybridized carbons (Fsp3) is 0.478. The minimum Gasteiger partial charge on any atom is -0.336 e. The van der Waals surface area contributed by atoms with E-state index in [-0.39, 0.29) is 17.4 Å². The first-order chi connectivity index (χ1) is 13.1. The van der Waals surface area contributed by atoms with Crippen LogP contribution in [-0.4, -0.2) is 39.3 Å². The van der Waals surface area contributed by atoms with E-state index in [9.17, 15) is 4.79 Å². The third-order valence-electron chi connectivity index (χ3n) is 6.11. The molecule has 0 radical (unpaired) electrons. The van der Waals surface area contributed by atoms with Crippen molar-refractivity contribution in [2.45, 2.75) is 51.7 Å². The van der Waals surface area contributed by atoms with Gasteiger partial charge in [-0.15, -0.1) is 0 Å². The van der Waals surface area contributed by atoms with E-state index in [0.29, 0.717) is 0 Å². The summed E-state index contributed by atoms with van der Waals surface area (Å²) in [5.74, 6) is 0.286. The van der Waals surface area contributed by atoms with Crippen molar-refractivity contribution >= 4 is 5.91 Å². The molecule has 0 aliphatic carbocycles. The van der Waals surface area contributed by atoms with E-state index in [1.54, 1.807) is 0 Å². The number of hydrogen-bond acceptors (Lipinski definition) is 3. The van der Waals surface area contributed by atoms with Crippen LogP contribution in [0.15, 0.2) is 48.7 Å². The Bertz CT molecular complexity index is 804. The Balaban J connectivity index is 1.69. The number of benzene rings is 1. The van der Waals surface area contributed by atoms with Gasteiger partial charge in [-0.05, 0) is 49.1 Å². The summed E-state index contributed by atoms with van der Waals surface area (Å²) in [4.78, 5) is 22.2. The number of aromatic nitrogens is 1. The van der Waals surface area contributed by atoms with Gasteiger partial charge in [0.2, 0.25) is 5.91 Å². The minimum atomic E-state index is 0.00861. The smallest absolute Gasteiger partial charge is 0.225 e. The van der Waals surface area contributed by atoms with E-state index < -0.39 is 0 Å². The van der Waals surface area contributed by atoms with E-state index in [1.807, 2.05) is 26.1 Å². The molecule has 0 bridgehead atoms. The van der Waals surface area contributed by atoms with Gasteiger partial charge in [0.25, 0.3) is 0 Å². The number of amides is 1. The summed E-state index contributed by atoms with van der Waals surface area (Å²) in [6.45, 7) is 7.48. The van der Waals surface area contributed by atoms with Crippen molar-refractivity contribution in [2.75, 3.05) is 13.1 Å². The molecule has 1 saturated heterocycles. The highest BCUT2D eigenvalue weighted by atomic mass is 16.2. The molecule has 3 heterocycles. The number of fused-ring (bicyclic) bond motifs is 1. The topological polar surface area (TPSA) is 36.4 Å². The van der Waals surface area contributed by atoms with Gasteiger partial charge in [0.1, 0.15) is 0 Å². The van der Waals surface area contributed by atoms with Gasteiger partial charge in [0.05, 0.1) is 5.69 Å². The molecular formula is C23H29N3O. The summed E-state index contributed by atoms with van der Waals surface area (Å²) in [7, 11) is 0. The standard InChI is InChI=1S/C23H29N3O/c1-18(2)22(27)25-15-20-9-4-3-8-19(20)14-23(17-25)11-7-13-26(23)16-21-10-5-6-12-24-21/h3-6,8-10,12,18H,7,11,13-17H2,1-2H3. The molecule has 0 saturated carbocycles. The molecule has 1 amide bonds. The summed E-state index contributed by atoms with van der Waals surface area (Å²) in [6.07, 6.45) is 5.20. The van der Waals surface area contributed by atoms with Gasteiger partial charge in [0.15, 0.2) is 0 Å². The second-order valence-corrected chi connectivity index (χ2v) is 8.37. The summed E-state index contributed by atoms with van der Waals surface area (Å²) >= 11 is 0. The largest absolute Gasteiger partial charge is 0.336 e. The van der Waals surface area contributed by atoms with E-state index >= 15 is 0 Å². The molecule has 142 valence electrons. The van der Waals surface area contributed by atoms with Crippen molar-refractivity contribution in [3.8, 4) is 0 Å². The first-order valence-corrected chi connectivity index (χ1v) is 10.1. The monoisotopic (exact) mass is 363 g/mol. The van der Waals surface area contributed by atoms with Crippen molar-refractivity contribution < 1.29 is 4.79 Å². The van der Waals surface area contributed by atoms with E-state index in [1.165, 1.54) is 17.5 Å². The second-order valence-electron chi connectivity index (χ2n) is 8.37. The van der Waals surface area contributed by atoms with Crippen molar-refractivity contribution in [3.05, 3.63) is 65.5 Å². The molecule has 2 aromatic rings. The molecular weight excluding hydrogens is 334 g/mol. The first-order valence-electron chi connectivity index (χ1n) is 10.1. The predicted octanol–water partition coefficient (Wildman–Crippen LogP) is 3.66. The van der Waals surface area contributed by atoms with Gasteiger partial charge < -0.3 is 4.90 Å². The Hall–Kier alpha value is -2.20. The molecule has 0 N–H and O–H groups in total. The molecule has 1 atom stereocenters. The van der Waals surface area contributed by atoms with Crippen LogP contribution in [0, 0.1) is 5.92 Å². The lowest BCUT2D eigenvalue weighted by Crippen LogP contribution is -2.53. The number of likely N-dealkylation sites (tertiary alicyclic amines) is 1. The van der Waals surface area contributed by atoms with Gasteiger partial charge in [-0.25, -0.2) is 0 Å². The highest BCUT2D eigenvalue weighted by Gasteiger charge is 2.45. The molecule has 1 fully saturated rings. The fourth-order valence-corrected chi connectivity index (χ4v) is 4.74. The molecule has 4 rings (SSSR count). The average molecular weight is 364 g/mol. The quantitative estimate of drug-likeness (QED) is 0.835. The zero-order valence-corrected chi connectivity index (χ0v) is 16.4. The van der Waals surface area contributed by atoms with Gasteiger partial charge >= 0.3 is 0 Å². The zero-order chi connectivity index (χ0) is 18.9. The second kappa shape index (κ2) is 7.43. The number of pyridine rings is 1. The fourth-order valence-electron chi connectivity index (χ4n) is 4.74. The lowest BCUT2D eigenvalue weighted by Gasteiger charge is -2.41. The Labute approximate surface area is 162 Å². The van der Waals surface area contributed by atoms with Crippen LogP contribution in [0.2, 0.25) is 0 Å². The number of hydrogen-bond donors (Lipinski definition) is 0. The molecule has 2 aliphatic heterocycles. The molecule has 1 aromatic carbocycles. The normalized spacial score (nSPS) is 22.9. The van der Waals surface area contributed by atoms with Crippen molar-refractivity contribution in [1.82, 2.24) is 14.8 Å². The van der Waals surface area contributed by atoms with Crippen LogP contribution < -0.4 is 0 Å². The SMILES string of the molecule is CC(C)C(=O)N1Cc2ccccc2CC2(CCCN2Cc2ccccn2)C1. The van der Waals surface area contributed by atoms with Crippen LogP contribution in [0.4, 0.5) is 0 Å². The summed E-state index contributed by atoms with van der Waals surface area (Å²) in [5.41, 5.74) is 3.81. The van der Waals surface area contributed by atoms with Crippen LogP contribution in [0.5, 0.6) is 0 Å². The van der Waals surface area contributed by atoms with Gasteiger partial charge in [-0.3, -0.25) is 14.7 Å². The van der Waals surface area contributed by atoms with Gasteiger partial charge in [-0.1, -0.05) is 44.2 Å². The molecule has 4 nitrogen and oxygen atoms in total. The molecule has 1 spiro atoms. The third-order valence-corrected chi connectivity index (χ3v) is 6.11. The maximum absolute atomic E-state index is 13.0. The third kappa shape index (κ3) is 3.63. The number of rotatable bonds is 3. The highest BCUT2D eigenvalue weighted by Crippen LogP contribution is 2.38. The molecule has 2 aliphatic rings. The maximum atomic E-state index is 13.0. The van der Waals surface area contributed by atoms with E-state index in [4.69, 9.17) is 0 Å². The zero-order valence-electron chi connectivity index (χ0n) is 16.4. The van der Waals surface area contributed by atoms with Crippen LogP contribution in [-0.2, 0) is 24.3 Å². The van der Waals surface area contributed by atoms with Crippen molar-refractivity contribution in [1.29, 1.82) is 0 Å².